The van der Waals surface area contributed by atoms with Crippen LogP contribution in [0.5, 0.6) is 0 Å². The molecule has 0 aliphatic carbocycles. The Morgan fingerprint density at radius 3 is 1.47 bits per heavy atom. The molecule has 1 aromatic heterocycles. The van der Waals surface area contributed by atoms with Crippen molar-refractivity contribution in [2.75, 3.05) is 0 Å². The molecule has 10 aromatic carbocycles. The Kier molecular flexibility index (Phi) is 8.54. The van der Waals surface area contributed by atoms with Crippen molar-refractivity contribution in [1.82, 2.24) is 9.97 Å². The van der Waals surface area contributed by atoms with Gasteiger partial charge in [0.1, 0.15) is 0 Å². The molecule has 11 rings (SSSR count). The number of para-hydroxylation sites is 1. The van der Waals surface area contributed by atoms with Crippen LogP contribution in [0.15, 0.2) is 212 Å². The Hall–Kier alpha value is -8.19. The summed E-state index contributed by atoms with van der Waals surface area (Å²) >= 11 is 0. The molecule has 0 saturated heterocycles. The molecule has 11 aromatic rings. The first-order chi connectivity index (χ1) is 29.7. The first-order valence-corrected chi connectivity index (χ1v) is 20.2. The number of hydrogen-bond acceptors (Lipinski definition) is 2. The molecular weight excluding hydrogens is 727 g/mol. The first-order valence-electron chi connectivity index (χ1n) is 20.2. The van der Waals surface area contributed by atoms with Gasteiger partial charge in [-0.2, -0.15) is 0 Å². The van der Waals surface area contributed by atoms with Crippen molar-refractivity contribution in [2.45, 2.75) is 0 Å². The highest BCUT2D eigenvalue weighted by Gasteiger charge is 2.16. The van der Waals surface area contributed by atoms with Gasteiger partial charge in [0.25, 0.3) is 0 Å². The molecule has 3 nitrogen and oxygen atoms in total. The van der Waals surface area contributed by atoms with Gasteiger partial charge in [-0.05, 0) is 95.0 Å². The largest absolute Gasteiger partial charge is 0.238 e. The van der Waals surface area contributed by atoms with E-state index in [0.717, 1.165) is 55.5 Å². The first kappa shape index (κ1) is 35.0. The van der Waals surface area contributed by atoms with E-state index in [9.17, 15) is 0 Å². The second-order valence-corrected chi connectivity index (χ2v) is 15.2. The van der Waals surface area contributed by atoms with E-state index in [2.05, 4.69) is 187 Å². The molecule has 0 saturated carbocycles. The second kappa shape index (κ2) is 14.6. The number of rotatable bonds is 6. The van der Waals surface area contributed by atoms with Gasteiger partial charge in [0.15, 0.2) is 11.5 Å². The summed E-state index contributed by atoms with van der Waals surface area (Å²) in [5.74, 6) is 0.697. The van der Waals surface area contributed by atoms with E-state index in [-0.39, 0.29) is 0 Å². The molecule has 0 amide bonds. The Labute approximate surface area is 348 Å². The maximum atomic E-state index is 7.26. The summed E-state index contributed by atoms with van der Waals surface area (Å²) in [6, 6.07) is 75.0. The molecule has 0 N–H and O–H groups in total. The second-order valence-electron chi connectivity index (χ2n) is 15.2. The lowest BCUT2D eigenvalue weighted by atomic mass is 9.91. The van der Waals surface area contributed by atoms with Crippen LogP contribution in [0.4, 0.5) is 5.69 Å². The Balaban J connectivity index is 0.947. The smallest absolute Gasteiger partial charge is 0.187 e. The van der Waals surface area contributed by atoms with Gasteiger partial charge in [-0.3, -0.25) is 0 Å². The molecule has 3 heteroatoms. The summed E-state index contributed by atoms with van der Waals surface area (Å²) in [6.07, 6.45) is 0. The van der Waals surface area contributed by atoms with Crippen molar-refractivity contribution in [1.29, 1.82) is 0 Å². The lowest BCUT2D eigenvalue weighted by Gasteiger charge is -2.14. The summed E-state index contributed by atoms with van der Waals surface area (Å²) in [5.41, 5.74) is 13.8. The van der Waals surface area contributed by atoms with E-state index in [1.54, 1.807) is 0 Å². The summed E-state index contributed by atoms with van der Waals surface area (Å²) in [6.45, 7) is 7.26. The Morgan fingerprint density at radius 1 is 0.317 bits per heavy atom. The quantitative estimate of drug-likeness (QED) is 0.125. The number of nitrogens with zero attached hydrogens (tertiary/aromatic N) is 3. The molecule has 0 radical (unpaired) electrons. The average Bonchev–Trinajstić information content (AvgIpc) is 3.33. The lowest BCUT2D eigenvalue weighted by molar-refractivity contribution is 1.23. The number of aromatic nitrogens is 2. The lowest BCUT2D eigenvalue weighted by Crippen LogP contribution is -1.95. The van der Waals surface area contributed by atoms with Gasteiger partial charge in [-0.1, -0.05) is 194 Å². The molecule has 0 spiro atoms. The van der Waals surface area contributed by atoms with Gasteiger partial charge in [0.2, 0.25) is 0 Å². The Morgan fingerprint density at radius 2 is 0.817 bits per heavy atom. The highest BCUT2D eigenvalue weighted by molar-refractivity contribution is 6.14. The topological polar surface area (TPSA) is 30.1 Å². The van der Waals surface area contributed by atoms with Crippen molar-refractivity contribution in [3.05, 3.63) is 224 Å². The number of hydrogen-bond donors (Lipinski definition) is 0. The molecule has 0 bridgehead atoms. The van der Waals surface area contributed by atoms with Crippen LogP contribution in [0.1, 0.15) is 0 Å². The molecule has 0 aliphatic heterocycles. The molecule has 1 heterocycles. The molecule has 0 atom stereocenters. The Bertz CT molecular complexity index is 3470. The molecule has 0 fully saturated rings. The minimum absolute atomic E-state index is 0.650. The predicted octanol–water partition coefficient (Wildman–Crippen LogP) is 15.6. The van der Waals surface area contributed by atoms with E-state index in [1.165, 1.54) is 49.0 Å². The van der Waals surface area contributed by atoms with Crippen molar-refractivity contribution in [2.24, 2.45) is 0 Å². The minimum Gasteiger partial charge on any atom is -0.238 e. The van der Waals surface area contributed by atoms with Crippen LogP contribution in [-0.4, -0.2) is 9.97 Å². The monoisotopic (exact) mass is 761 g/mol. The van der Waals surface area contributed by atoms with Crippen LogP contribution in [-0.2, 0) is 0 Å². The third-order valence-electron chi connectivity index (χ3n) is 11.7. The average molecular weight is 762 g/mol. The van der Waals surface area contributed by atoms with Gasteiger partial charge in [0, 0.05) is 16.5 Å². The van der Waals surface area contributed by atoms with Crippen molar-refractivity contribution in [3.63, 3.8) is 0 Å². The summed E-state index contributed by atoms with van der Waals surface area (Å²) in [5, 5.41) is 8.41. The van der Waals surface area contributed by atoms with E-state index >= 15 is 0 Å². The molecule has 278 valence electrons. The van der Waals surface area contributed by atoms with Crippen molar-refractivity contribution < 1.29 is 0 Å². The van der Waals surface area contributed by atoms with Crippen LogP contribution in [0.3, 0.4) is 0 Å². The normalized spacial score (nSPS) is 11.3. The predicted molar refractivity (Wildman–Crippen MR) is 251 cm³/mol. The summed E-state index contributed by atoms with van der Waals surface area (Å²) in [4.78, 5) is 13.9. The molecular formula is C57H35N3. The van der Waals surface area contributed by atoms with Gasteiger partial charge in [-0.25, -0.2) is 14.8 Å². The summed E-state index contributed by atoms with van der Waals surface area (Å²) in [7, 11) is 0. The fourth-order valence-electron chi connectivity index (χ4n) is 8.72. The van der Waals surface area contributed by atoms with Crippen LogP contribution in [0, 0.1) is 6.57 Å². The van der Waals surface area contributed by atoms with Gasteiger partial charge in [0.05, 0.1) is 17.8 Å². The zero-order valence-electron chi connectivity index (χ0n) is 32.5. The van der Waals surface area contributed by atoms with E-state index in [0.29, 0.717) is 11.5 Å². The summed E-state index contributed by atoms with van der Waals surface area (Å²) < 4.78 is 0. The maximum Gasteiger partial charge on any atom is 0.187 e. The van der Waals surface area contributed by atoms with Crippen LogP contribution < -0.4 is 0 Å². The third kappa shape index (κ3) is 6.16. The van der Waals surface area contributed by atoms with Crippen LogP contribution in [0.2, 0.25) is 0 Å². The van der Waals surface area contributed by atoms with Crippen LogP contribution >= 0.6 is 0 Å². The van der Waals surface area contributed by atoms with E-state index < -0.39 is 0 Å². The molecule has 0 unspecified atom stereocenters. The zero-order chi connectivity index (χ0) is 40.0. The zero-order valence-corrected chi connectivity index (χ0v) is 32.5. The number of benzene rings is 10. The van der Waals surface area contributed by atoms with Gasteiger partial charge < -0.3 is 0 Å². The van der Waals surface area contributed by atoms with Crippen LogP contribution in [0.25, 0.3) is 115 Å². The fraction of sp³-hybridized carbons (Fsp3) is 0. The fourth-order valence-corrected chi connectivity index (χ4v) is 8.72. The SMILES string of the molecule is [C-]#[N+]c1ccc(-c2ccc(-c3ccc(-c4ccc(-c5nc(-c6cccc(-c7cc8ccccc8c8ccccc78)c6)c6ccccc6n5)cc4)c4ccccc34)cc2)cc1. The third-order valence-corrected chi connectivity index (χ3v) is 11.7. The number of fused-ring (bicyclic) bond motifs is 5. The van der Waals surface area contributed by atoms with Gasteiger partial charge in [-0.15, -0.1) is 0 Å². The highest BCUT2D eigenvalue weighted by atomic mass is 14.9. The molecule has 60 heavy (non-hydrogen) atoms. The maximum absolute atomic E-state index is 7.26. The van der Waals surface area contributed by atoms with E-state index in [1.807, 2.05) is 30.3 Å². The van der Waals surface area contributed by atoms with Crippen molar-refractivity contribution >= 4 is 48.9 Å². The highest BCUT2D eigenvalue weighted by Crippen LogP contribution is 2.40. The molecule has 0 aliphatic rings. The minimum atomic E-state index is 0.650. The standard InChI is InChI=1S/C57H35N3/c1-58-45-31-29-38(30-32-45)37-21-23-39(24-22-37)47-33-34-48(51-17-5-4-16-50(47)51)40-25-27-41(28-26-40)57-59-55-20-9-8-19-53(55)56(60-57)44-13-10-12-42(35-44)54-36-43-11-2-3-14-46(43)49-15-6-7-18-52(49)54/h2-36H. The van der Waals surface area contributed by atoms with Crippen molar-refractivity contribution in [3.8, 4) is 67.2 Å². The van der Waals surface area contributed by atoms with Gasteiger partial charge >= 0.3 is 0 Å². The van der Waals surface area contributed by atoms with E-state index in [4.69, 9.17) is 16.5 Å².